The maximum atomic E-state index is 11.8. The summed E-state index contributed by atoms with van der Waals surface area (Å²) in [6.07, 6.45) is 9.23. The van der Waals surface area contributed by atoms with Gasteiger partial charge < -0.3 is 14.4 Å². The monoisotopic (exact) mass is 437 g/mol. The second-order valence-electron chi connectivity index (χ2n) is 8.00. The molecule has 1 aliphatic rings. The van der Waals surface area contributed by atoms with Gasteiger partial charge in [0.1, 0.15) is 0 Å². The van der Waals surface area contributed by atoms with E-state index in [0.29, 0.717) is 12.8 Å². The molecule has 29 heavy (non-hydrogen) atoms. The summed E-state index contributed by atoms with van der Waals surface area (Å²) in [6.45, 7) is 5.59. The van der Waals surface area contributed by atoms with E-state index in [2.05, 4.69) is 30.5 Å². The highest BCUT2D eigenvalue weighted by molar-refractivity contribution is 7.80. The topological polar surface area (TPSA) is 116 Å². The number of amides is 2. The highest BCUT2D eigenvalue weighted by atomic mass is 32.3. The molecule has 172 valence electrons. The van der Waals surface area contributed by atoms with Crippen LogP contribution in [-0.4, -0.2) is 81.7 Å². The Balaban J connectivity index is 0.00000113. The van der Waals surface area contributed by atoms with E-state index in [1.807, 2.05) is 4.90 Å². The fraction of sp³-hybridized carbons (Fsp3) is 0.895. The molecule has 1 saturated heterocycles. The van der Waals surface area contributed by atoms with Gasteiger partial charge in [-0.1, -0.05) is 32.6 Å². The van der Waals surface area contributed by atoms with Gasteiger partial charge in [0.05, 0.1) is 27.7 Å². The van der Waals surface area contributed by atoms with E-state index >= 15 is 0 Å². The van der Waals surface area contributed by atoms with E-state index in [-0.39, 0.29) is 11.8 Å². The van der Waals surface area contributed by atoms with Gasteiger partial charge in [0.15, 0.2) is 6.67 Å². The van der Waals surface area contributed by atoms with Crippen LogP contribution >= 0.6 is 0 Å². The molecule has 0 saturated carbocycles. The first kappa shape index (κ1) is 27.8. The van der Waals surface area contributed by atoms with Gasteiger partial charge in [-0.05, 0) is 12.8 Å². The Labute approximate surface area is 176 Å². The Kier molecular flexibility index (Phi) is 14.1. The minimum atomic E-state index is -4.41. The first-order valence-electron chi connectivity index (χ1n) is 10.4. The van der Waals surface area contributed by atoms with Crippen LogP contribution in [0.1, 0.15) is 64.7 Å². The van der Waals surface area contributed by atoms with Crippen molar-refractivity contribution in [1.29, 1.82) is 0 Å². The van der Waals surface area contributed by atoms with Gasteiger partial charge in [-0.15, -0.1) is 0 Å². The summed E-state index contributed by atoms with van der Waals surface area (Å²) in [4.78, 5) is 25.4. The van der Waals surface area contributed by atoms with E-state index in [1.54, 1.807) is 0 Å². The second kappa shape index (κ2) is 14.7. The third kappa shape index (κ3) is 16.3. The Morgan fingerprint density at radius 2 is 1.83 bits per heavy atom. The third-order valence-corrected chi connectivity index (χ3v) is 5.11. The van der Waals surface area contributed by atoms with E-state index in [0.717, 1.165) is 63.6 Å². The first-order valence-corrected chi connectivity index (χ1v) is 11.7. The second-order valence-corrected chi connectivity index (χ2v) is 9.15. The number of rotatable bonds is 13. The molecule has 0 aromatic heterocycles. The van der Waals surface area contributed by atoms with Crippen molar-refractivity contribution in [2.75, 3.05) is 47.5 Å². The lowest BCUT2D eigenvalue weighted by Gasteiger charge is -2.33. The number of nitrogens with zero attached hydrogens (tertiary/aromatic N) is 2. The van der Waals surface area contributed by atoms with Gasteiger partial charge in [0.25, 0.3) is 0 Å². The van der Waals surface area contributed by atoms with Gasteiger partial charge in [0, 0.05) is 32.4 Å². The van der Waals surface area contributed by atoms with Crippen LogP contribution < -0.4 is 5.32 Å². The molecule has 1 N–H and O–H groups in total. The van der Waals surface area contributed by atoms with Crippen LogP contribution in [0.25, 0.3) is 0 Å². The van der Waals surface area contributed by atoms with Gasteiger partial charge in [-0.3, -0.25) is 18.7 Å². The van der Waals surface area contributed by atoms with Crippen LogP contribution in [0.3, 0.4) is 0 Å². The molecule has 0 spiro atoms. The summed E-state index contributed by atoms with van der Waals surface area (Å²) in [5.41, 5.74) is 0. The molecular weight excluding hydrogens is 398 g/mol. The smallest absolute Gasteiger partial charge is 0.226 e. The van der Waals surface area contributed by atoms with Crippen molar-refractivity contribution in [3.05, 3.63) is 0 Å². The lowest BCUT2D eigenvalue weighted by atomic mass is 10.1. The van der Waals surface area contributed by atoms with E-state index < -0.39 is 10.4 Å². The van der Waals surface area contributed by atoms with E-state index in [9.17, 15) is 22.6 Å². The number of quaternary nitrogens is 1. The standard InChI is InChI=1S/C18H35N3O2.CH4O4S/c1-4-5-6-7-8-11-17(22)19-13-10-15-21(2,3)16-20-14-9-12-18(20)23;1-5-6(2,3)4/h4-16H2,1-3H3;1H3,(H,2,3,4). The van der Waals surface area contributed by atoms with Crippen molar-refractivity contribution in [2.24, 2.45) is 0 Å². The van der Waals surface area contributed by atoms with Gasteiger partial charge in [-0.25, -0.2) is 8.42 Å². The van der Waals surface area contributed by atoms with Crippen LogP contribution in [-0.2, 0) is 24.2 Å². The van der Waals surface area contributed by atoms with Crippen LogP contribution in [0.2, 0.25) is 0 Å². The number of hydrogen-bond donors (Lipinski definition) is 1. The summed E-state index contributed by atoms with van der Waals surface area (Å²) >= 11 is 0. The lowest BCUT2D eigenvalue weighted by Crippen LogP contribution is -2.50. The molecule has 2 amide bonds. The van der Waals surface area contributed by atoms with Crippen molar-refractivity contribution in [3.8, 4) is 0 Å². The fourth-order valence-corrected chi connectivity index (χ4v) is 3.10. The Hall–Kier alpha value is -1.23. The first-order chi connectivity index (χ1) is 13.5. The Bertz CT molecular complexity index is 580. The SMILES string of the molecule is CCCCCCCC(=O)NCCC[N+](C)(C)CN1CCCC1=O.COS(=O)(=O)[O-]. The third-order valence-electron chi connectivity index (χ3n) is 4.70. The van der Waals surface area contributed by atoms with E-state index in [1.165, 1.54) is 19.3 Å². The zero-order valence-corrected chi connectivity index (χ0v) is 19.3. The van der Waals surface area contributed by atoms with Crippen molar-refractivity contribution in [3.63, 3.8) is 0 Å². The summed E-state index contributed by atoms with van der Waals surface area (Å²) < 4.78 is 31.8. The van der Waals surface area contributed by atoms with Gasteiger partial charge >= 0.3 is 0 Å². The summed E-state index contributed by atoms with van der Waals surface area (Å²) in [6, 6.07) is 0. The number of likely N-dealkylation sites (tertiary alicyclic amines) is 1. The number of nitrogens with one attached hydrogen (secondary N) is 1. The minimum Gasteiger partial charge on any atom is -0.726 e. The highest BCUT2D eigenvalue weighted by Crippen LogP contribution is 2.12. The van der Waals surface area contributed by atoms with Gasteiger partial charge in [0.2, 0.25) is 22.2 Å². The highest BCUT2D eigenvalue weighted by Gasteiger charge is 2.27. The molecule has 0 atom stereocenters. The molecule has 0 aromatic carbocycles. The number of hydrogen-bond acceptors (Lipinski definition) is 6. The molecule has 9 nitrogen and oxygen atoms in total. The minimum absolute atomic E-state index is 0.182. The summed E-state index contributed by atoms with van der Waals surface area (Å²) in [5.74, 6) is 0.467. The zero-order chi connectivity index (χ0) is 22.3. The quantitative estimate of drug-likeness (QED) is 0.202. The van der Waals surface area contributed by atoms with Crippen LogP contribution in [0.15, 0.2) is 0 Å². The number of carbonyl (C=O) groups is 2. The largest absolute Gasteiger partial charge is 0.726 e. The maximum Gasteiger partial charge on any atom is 0.226 e. The molecule has 1 aliphatic heterocycles. The molecule has 1 fully saturated rings. The Morgan fingerprint density at radius 3 is 2.34 bits per heavy atom. The molecule has 0 aromatic rings. The normalized spacial score (nSPS) is 14.5. The Morgan fingerprint density at radius 1 is 1.21 bits per heavy atom. The van der Waals surface area contributed by atoms with Crippen molar-refractivity contribution < 1.29 is 31.2 Å². The summed E-state index contributed by atoms with van der Waals surface area (Å²) in [7, 11) is 0.704. The average molecular weight is 438 g/mol. The number of unbranched alkanes of at least 4 members (excludes halogenated alkanes) is 4. The zero-order valence-electron chi connectivity index (χ0n) is 18.4. The molecule has 0 radical (unpaired) electrons. The molecule has 0 bridgehead atoms. The van der Waals surface area contributed by atoms with E-state index in [4.69, 9.17) is 0 Å². The van der Waals surface area contributed by atoms with Crippen LogP contribution in [0, 0.1) is 0 Å². The van der Waals surface area contributed by atoms with Crippen LogP contribution in [0.4, 0.5) is 0 Å². The molecule has 10 heteroatoms. The predicted molar refractivity (Wildman–Crippen MR) is 110 cm³/mol. The molecule has 1 rings (SSSR count). The van der Waals surface area contributed by atoms with Crippen LogP contribution in [0.5, 0.6) is 0 Å². The molecule has 0 unspecified atom stereocenters. The van der Waals surface area contributed by atoms with Gasteiger partial charge in [-0.2, -0.15) is 0 Å². The summed E-state index contributed by atoms with van der Waals surface area (Å²) in [5, 5.41) is 3.02. The fourth-order valence-electron chi connectivity index (χ4n) is 3.10. The molecule has 0 aliphatic carbocycles. The predicted octanol–water partition coefficient (Wildman–Crippen LogP) is 1.60. The van der Waals surface area contributed by atoms with Crippen molar-refractivity contribution in [2.45, 2.75) is 64.7 Å². The molecule has 1 heterocycles. The maximum absolute atomic E-state index is 11.8. The average Bonchev–Trinajstić information content (AvgIpc) is 3.02. The van der Waals surface area contributed by atoms with Crippen molar-refractivity contribution >= 4 is 22.2 Å². The number of carbonyl (C=O) groups excluding carboxylic acids is 2. The molecular formula is C19H39N3O6S. The lowest BCUT2D eigenvalue weighted by molar-refractivity contribution is -0.898. The van der Waals surface area contributed by atoms with Crippen molar-refractivity contribution in [1.82, 2.24) is 10.2 Å².